The normalized spacial score (nSPS) is 10.6. The van der Waals surface area contributed by atoms with E-state index in [1.807, 2.05) is 0 Å². The van der Waals surface area contributed by atoms with Gasteiger partial charge in [-0.3, -0.25) is 19.7 Å². The van der Waals surface area contributed by atoms with Crippen LogP contribution in [0.15, 0.2) is 48.5 Å². The van der Waals surface area contributed by atoms with Crippen LogP contribution in [0, 0.1) is 17.0 Å². The molecule has 122 valence electrons. The maximum Gasteiger partial charge on any atom is 0.273 e. The Labute approximate surface area is 139 Å². The van der Waals surface area contributed by atoms with E-state index < -0.39 is 4.92 Å². The highest BCUT2D eigenvalue weighted by Gasteiger charge is 2.13. The van der Waals surface area contributed by atoms with Crippen LogP contribution in [0.5, 0.6) is 0 Å². The molecule has 0 aliphatic carbocycles. The summed E-state index contributed by atoms with van der Waals surface area (Å²) < 4.78 is 0. The van der Waals surface area contributed by atoms with Crippen molar-refractivity contribution in [2.24, 2.45) is 0 Å². The molecule has 0 aromatic heterocycles. The SMILES string of the molecule is CC(=O)Nc1ccc(/C=C/C(=O)c2ccc(C)c([N+](=O)[O-])c2)cc1. The molecule has 0 spiro atoms. The first-order valence-corrected chi connectivity index (χ1v) is 7.22. The number of nitrogens with zero attached hydrogens (tertiary/aromatic N) is 1. The number of carbonyl (C=O) groups excluding carboxylic acids is 2. The third kappa shape index (κ3) is 4.36. The molecule has 0 fully saturated rings. The number of hydrogen-bond donors (Lipinski definition) is 1. The zero-order valence-corrected chi connectivity index (χ0v) is 13.3. The van der Waals surface area contributed by atoms with Gasteiger partial charge in [0.25, 0.3) is 5.69 Å². The summed E-state index contributed by atoms with van der Waals surface area (Å²) in [7, 11) is 0. The summed E-state index contributed by atoms with van der Waals surface area (Å²) in [5.41, 5.74) is 2.14. The Kier molecular flexibility index (Phi) is 5.21. The van der Waals surface area contributed by atoms with Gasteiger partial charge in [0.05, 0.1) is 4.92 Å². The third-order valence-electron chi connectivity index (χ3n) is 3.35. The number of carbonyl (C=O) groups is 2. The first-order chi connectivity index (χ1) is 11.4. The molecule has 24 heavy (non-hydrogen) atoms. The van der Waals surface area contributed by atoms with Crippen LogP contribution in [-0.4, -0.2) is 16.6 Å². The maximum absolute atomic E-state index is 12.2. The van der Waals surface area contributed by atoms with Crippen molar-refractivity contribution in [1.29, 1.82) is 0 Å². The van der Waals surface area contributed by atoms with Crippen LogP contribution in [0.1, 0.15) is 28.4 Å². The van der Waals surface area contributed by atoms with E-state index in [4.69, 9.17) is 0 Å². The summed E-state index contributed by atoms with van der Waals surface area (Å²) in [6.07, 6.45) is 2.98. The van der Waals surface area contributed by atoms with E-state index in [1.54, 1.807) is 49.4 Å². The number of anilines is 1. The predicted octanol–water partition coefficient (Wildman–Crippen LogP) is 3.76. The van der Waals surface area contributed by atoms with E-state index in [0.717, 1.165) is 5.56 Å². The minimum atomic E-state index is -0.503. The van der Waals surface area contributed by atoms with Crippen LogP contribution in [0.4, 0.5) is 11.4 Å². The average Bonchev–Trinajstić information content (AvgIpc) is 2.53. The lowest BCUT2D eigenvalue weighted by atomic mass is 10.1. The Hall–Kier alpha value is -3.28. The monoisotopic (exact) mass is 324 g/mol. The zero-order valence-electron chi connectivity index (χ0n) is 13.3. The van der Waals surface area contributed by atoms with Gasteiger partial charge in [-0.25, -0.2) is 0 Å². The highest BCUT2D eigenvalue weighted by atomic mass is 16.6. The highest BCUT2D eigenvalue weighted by Crippen LogP contribution is 2.20. The Morgan fingerprint density at radius 1 is 1.12 bits per heavy atom. The molecule has 0 atom stereocenters. The van der Waals surface area contributed by atoms with Crippen LogP contribution in [-0.2, 0) is 4.79 Å². The van der Waals surface area contributed by atoms with E-state index in [2.05, 4.69) is 5.32 Å². The van der Waals surface area contributed by atoms with Gasteiger partial charge in [-0.05, 0) is 30.7 Å². The van der Waals surface area contributed by atoms with Crippen molar-refractivity contribution in [3.8, 4) is 0 Å². The molecule has 6 heteroatoms. The van der Waals surface area contributed by atoms with Gasteiger partial charge in [0.1, 0.15) is 0 Å². The molecule has 2 aromatic rings. The molecule has 0 aliphatic heterocycles. The van der Waals surface area contributed by atoms with Gasteiger partial charge in [0.2, 0.25) is 5.91 Å². The topological polar surface area (TPSA) is 89.3 Å². The number of nitrogens with one attached hydrogen (secondary N) is 1. The molecule has 2 aromatic carbocycles. The molecule has 0 heterocycles. The summed E-state index contributed by atoms with van der Waals surface area (Å²) in [5.74, 6) is -0.474. The molecule has 1 amide bonds. The van der Waals surface area contributed by atoms with Crippen LogP contribution >= 0.6 is 0 Å². The zero-order chi connectivity index (χ0) is 17.7. The van der Waals surface area contributed by atoms with Gasteiger partial charge < -0.3 is 5.32 Å². The third-order valence-corrected chi connectivity index (χ3v) is 3.35. The second kappa shape index (κ2) is 7.32. The fraction of sp³-hybridized carbons (Fsp3) is 0.111. The van der Waals surface area contributed by atoms with Crippen molar-refractivity contribution in [3.63, 3.8) is 0 Å². The molecule has 0 aliphatic rings. The lowest BCUT2D eigenvalue weighted by Crippen LogP contribution is -2.05. The lowest BCUT2D eigenvalue weighted by molar-refractivity contribution is -0.385. The van der Waals surface area contributed by atoms with Crippen LogP contribution in [0.3, 0.4) is 0 Å². The number of allylic oxidation sites excluding steroid dienone is 1. The molecular weight excluding hydrogens is 308 g/mol. The Bertz CT molecular complexity index is 823. The molecule has 1 N–H and O–H groups in total. The first-order valence-electron chi connectivity index (χ1n) is 7.22. The van der Waals surface area contributed by atoms with Crippen LogP contribution < -0.4 is 5.32 Å². The number of amides is 1. The standard InChI is InChI=1S/C18H16N2O4/c1-12-3-7-15(11-17(12)20(23)24)18(22)10-6-14-4-8-16(9-5-14)19-13(2)21/h3-11H,1-2H3,(H,19,21)/b10-6+. The summed E-state index contributed by atoms with van der Waals surface area (Å²) in [5, 5.41) is 13.6. The summed E-state index contributed by atoms with van der Waals surface area (Å²) in [6.45, 7) is 3.05. The van der Waals surface area contributed by atoms with Crippen LogP contribution in [0.25, 0.3) is 6.08 Å². The minimum absolute atomic E-state index is 0.0751. The van der Waals surface area contributed by atoms with Gasteiger partial charge in [-0.1, -0.05) is 30.3 Å². The minimum Gasteiger partial charge on any atom is -0.326 e. The summed E-state index contributed by atoms with van der Waals surface area (Å²) in [6, 6.07) is 11.4. The van der Waals surface area contributed by atoms with Crippen LogP contribution in [0.2, 0.25) is 0 Å². The molecular formula is C18H16N2O4. The second-order valence-corrected chi connectivity index (χ2v) is 5.26. The van der Waals surface area contributed by atoms with Gasteiger partial charge >= 0.3 is 0 Å². The van der Waals surface area contributed by atoms with E-state index in [0.29, 0.717) is 11.3 Å². The fourth-order valence-electron chi connectivity index (χ4n) is 2.11. The number of aryl methyl sites for hydroxylation is 1. The molecule has 0 radical (unpaired) electrons. The van der Waals surface area contributed by atoms with E-state index in [-0.39, 0.29) is 22.9 Å². The summed E-state index contributed by atoms with van der Waals surface area (Å²) in [4.78, 5) is 33.5. The second-order valence-electron chi connectivity index (χ2n) is 5.26. The van der Waals surface area contributed by atoms with Gasteiger partial charge in [0, 0.05) is 29.8 Å². The molecule has 0 saturated heterocycles. The van der Waals surface area contributed by atoms with Crippen molar-refractivity contribution >= 4 is 29.1 Å². The average molecular weight is 324 g/mol. The smallest absolute Gasteiger partial charge is 0.273 e. The number of nitro benzene ring substituents is 1. The highest BCUT2D eigenvalue weighted by molar-refractivity contribution is 6.07. The van der Waals surface area contributed by atoms with Gasteiger partial charge in [-0.2, -0.15) is 0 Å². The summed E-state index contributed by atoms with van der Waals surface area (Å²) >= 11 is 0. The van der Waals surface area contributed by atoms with Crippen molar-refractivity contribution in [2.75, 3.05) is 5.32 Å². The van der Waals surface area contributed by atoms with Crippen molar-refractivity contribution in [2.45, 2.75) is 13.8 Å². The molecule has 2 rings (SSSR count). The van der Waals surface area contributed by atoms with E-state index in [1.165, 1.54) is 19.1 Å². The molecule has 0 bridgehead atoms. The van der Waals surface area contributed by atoms with Crippen molar-refractivity contribution in [3.05, 3.63) is 75.3 Å². The maximum atomic E-state index is 12.2. The lowest BCUT2D eigenvalue weighted by Gasteiger charge is -2.02. The number of hydrogen-bond acceptors (Lipinski definition) is 4. The molecule has 0 saturated carbocycles. The Balaban J connectivity index is 2.14. The molecule has 6 nitrogen and oxygen atoms in total. The Morgan fingerprint density at radius 2 is 1.79 bits per heavy atom. The van der Waals surface area contributed by atoms with E-state index >= 15 is 0 Å². The number of rotatable bonds is 5. The predicted molar refractivity (Wildman–Crippen MR) is 91.9 cm³/mol. The number of ketones is 1. The largest absolute Gasteiger partial charge is 0.326 e. The Morgan fingerprint density at radius 3 is 2.38 bits per heavy atom. The number of benzene rings is 2. The van der Waals surface area contributed by atoms with Crippen molar-refractivity contribution < 1.29 is 14.5 Å². The molecule has 0 unspecified atom stereocenters. The van der Waals surface area contributed by atoms with Gasteiger partial charge in [0.15, 0.2) is 5.78 Å². The quantitative estimate of drug-likeness (QED) is 0.392. The van der Waals surface area contributed by atoms with Gasteiger partial charge in [-0.15, -0.1) is 0 Å². The first kappa shape index (κ1) is 17.1. The van der Waals surface area contributed by atoms with Crippen molar-refractivity contribution in [1.82, 2.24) is 0 Å². The fourth-order valence-corrected chi connectivity index (χ4v) is 2.11. The van der Waals surface area contributed by atoms with E-state index in [9.17, 15) is 19.7 Å². The number of nitro groups is 1.